The summed E-state index contributed by atoms with van der Waals surface area (Å²) in [4.78, 5) is 0. The van der Waals surface area contributed by atoms with Gasteiger partial charge in [-0.1, -0.05) is 36.4 Å². The van der Waals surface area contributed by atoms with Gasteiger partial charge in [-0.15, -0.1) is 24.0 Å². The SMILES string of the molecule is I.[Cl-].[Cl-].c1ccccc1. The maximum absolute atomic E-state index is 2.00. The molecule has 0 bridgehead atoms. The minimum Gasteiger partial charge on any atom is -1.00 e. The Morgan fingerprint density at radius 1 is 0.444 bits per heavy atom. The van der Waals surface area contributed by atoms with Crippen molar-refractivity contribution in [3.63, 3.8) is 0 Å². The topological polar surface area (TPSA) is 0 Å². The molecule has 0 aliphatic rings. The summed E-state index contributed by atoms with van der Waals surface area (Å²) in [7, 11) is 0. The van der Waals surface area contributed by atoms with Crippen LogP contribution in [-0.4, -0.2) is 0 Å². The van der Waals surface area contributed by atoms with E-state index in [1.807, 2.05) is 36.4 Å². The highest BCUT2D eigenvalue weighted by Crippen LogP contribution is 1.79. The standard InChI is InChI=1S/C6H6.2ClH.HI/c1-2-4-6-5-3-1;;;/h1-6H;3*1H/p-2. The second kappa shape index (κ2) is 11.3. The van der Waals surface area contributed by atoms with E-state index in [4.69, 9.17) is 0 Å². The molecule has 3 heteroatoms. The molecule has 0 aliphatic heterocycles. The smallest absolute Gasteiger partial charge is 0.0623 e. The van der Waals surface area contributed by atoms with E-state index < -0.39 is 0 Å². The summed E-state index contributed by atoms with van der Waals surface area (Å²) in [5, 5.41) is 0. The number of hydrogen-bond donors (Lipinski definition) is 0. The molecule has 0 saturated heterocycles. The molecular formula is C6H7Cl2I-2. The second-order valence-electron chi connectivity index (χ2n) is 1.15. The molecule has 0 spiro atoms. The molecule has 1 rings (SSSR count). The number of hydrogen-bond acceptors (Lipinski definition) is 0. The quantitative estimate of drug-likeness (QED) is 0.428. The van der Waals surface area contributed by atoms with Crippen molar-refractivity contribution in [3.05, 3.63) is 36.4 Å². The molecule has 0 fully saturated rings. The van der Waals surface area contributed by atoms with Gasteiger partial charge in [0.15, 0.2) is 0 Å². The zero-order valence-corrected chi connectivity index (χ0v) is 8.47. The van der Waals surface area contributed by atoms with Gasteiger partial charge < -0.3 is 24.8 Å². The highest BCUT2D eigenvalue weighted by molar-refractivity contribution is 14.0. The molecule has 0 amide bonds. The first kappa shape index (κ1) is 16.3. The maximum atomic E-state index is 2.00. The van der Waals surface area contributed by atoms with Crippen LogP contribution in [0.3, 0.4) is 0 Å². The monoisotopic (exact) mass is 276 g/mol. The van der Waals surface area contributed by atoms with Crippen LogP contribution in [0.2, 0.25) is 0 Å². The molecule has 9 heavy (non-hydrogen) atoms. The zero-order valence-electron chi connectivity index (χ0n) is 4.63. The van der Waals surface area contributed by atoms with E-state index in [0.717, 1.165) is 0 Å². The van der Waals surface area contributed by atoms with Gasteiger partial charge in [0.1, 0.15) is 0 Å². The van der Waals surface area contributed by atoms with E-state index in [1.54, 1.807) is 0 Å². The van der Waals surface area contributed by atoms with Crippen LogP contribution in [0, 0.1) is 0 Å². The Morgan fingerprint density at radius 2 is 0.556 bits per heavy atom. The Morgan fingerprint density at radius 3 is 0.667 bits per heavy atom. The number of benzene rings is 1. The summed E-state index contributed by atoms with van der Waals surface area (Å²) in [6.45, 7) is 0. The summed E-state index contributed by atoms with van der Waals surface area (Å²) >= 11 is 0. The van der Waals surface area contributed by atoms with Crippen molar-refractivity contribution in [1.29, 1.82) is 0 Å². The molecular weight excluding hydrogens is 270 g/mol. The zero-order chi connectivity index (χ0) is 4.24. The molecule has 1 aromatic carbocycles. The molecule has 0 radical (unpaired) electrons. The van der Waals surface area contributed by atoms with E-state index in [9.17, 15) is 0 Å². The number of rotatable bonds is 0. The first-order chi connectivity index (χ1) is 3.00. The van der Waals surface area contributed by atoms with Crippen molar-refractivity contribution >= 4 is 24.0 Å². The third kappa shape index (κ3) is 8.53. The van der Waals surface area contributed by atoms with Gasteiger partial charge in [-0.05, 0) is 0 Å². The Hall–Kier alpha value is 0.530. The van der Waals surface area contributed by atoms with Gasteiger partial charge in [-0.3, -0.25) is 0 Å². The lowest BCUT2D eigenvalue weighted by atomic mass is 10.4. The molecule has 1 aromatic rings. The van der Waals surface area contributed by atoms with Crippen LogP contribution in [0.5, 0.6) is 0 Å². The van der Waals surface area contributed by atoms with E-state index >= 15 is 0 Å². The van der Waals surface area contributed by atoms with Gasteiger partial charge in [-0.2, -0.15) is 0 Å². The van der Waals surface area contributed by atoms with Crippen LogP contribution in [0.4, 0.5) is 0 Å². The third-order valence-electron chi connectivity index (χ3n) is 0.667. The van der Waals surface area contributed by atoms with Gasteiger partial charge in [0, 0.05) is 0 Å². The van der Waals surface area contributed by atoms with E-state index in [2.05, 4.69) is 0 Å². The number of halogens is 3. The molecule has 0 nitrogen and oxygen atoms in total. The summed E-state index contributed by atoms with van der Waals surface area (Å²) in [6.07, 6.45) is 0. The van der Waals surface area contributed by atoms with Crippen LogP contribution in [0.15, 0.2) is 36.4 Å². The molecule has 0 saturated carbocycles. The molecule has 0 atom stereocenters. The summed E-state index contributed by atoms with van der Waals surface area (Å²) < 4.78 is 0. The molecule has 0 aromatic heterocycles. The Balaban J connectivity index is -0.000000120. The van der Waals surface area contributed by atoms with Crippen LogP contribution >= 0.6 is 24.0 Å². The minimum absolute atomic E-state index is 0. The van der Waals surface area contributed by atoms with Gasteiger partial charge >= 0.3 is 0 Å². The predicted octanol–water partition coefficient (Wildman–Crippen LogP) is -3.69. The van der Waals surface area contributed by atoms with Crippen molar-refractivity contribution in [3.8, 4) is 0 Å². The predicted molar refractivity (Wildman–Crippen MR) is 41.9 cm³/mol. The van der Waals surface area contributed by atoms with Crippen LogP contribution in [0.1, 0.15) is 0 Å². The Bertz CT molecular complexity index is 83.0. The fraction of sp³-hybridized carbons (Fsp3) is 0. The van der Waals surface area contributed by atoms with Gasteiger partial charge in [0.25, 0.3) is 0 Å². The molecule has 54 valence electrons. The molecule has 0 heterocycles. The van der Waals surface area contributed by atoms with Crippen LogP contribution < -0.4 is 24.8 Å². The van der Waals surface area contributed by atoms with Crippen molar-refractivity contribution in [1.82, 2.24) is 0 Å². The van der Waals surface area contributed by atoms with Crippen molar-refractivity contribution < 1.29 is 24.8 Å². The minimum atomic E-state index is 0. The second-order valence-corrected chi connectivity index (χ2v) is 1.15. The van der Waals surface area contributed by atoms with Crippen molar-refractivity contribution in [2.75, 3.05) is 0 Å². The third-order valence-corrected chi connectivity index (χ3v) is 0.667. The van der Waals surface area contributed by atoms with Crippen molar-refractivity contribution in [2.24, 2.45) is 0 Å². The van der Waals surface area contributed by atoms with E-state index in [0.29, 0.717) is 0 Å². The molecule has 0 aliphatic carbocycles. The lowest BCUT2D eigenvalue weighted by Gasteiger charge is -1.69. The first-order valence-electron chi connectivity index (χ1n) is 2.00. The summed E-state index contributed by atoms with van der Waals surface area (Å²) in [5.74, 6) is 0. The molecule has 0 N–H and O–H groups in total. The van der Waals surface area contributed by atoms with Crippen molar-refractivity contribution in [2.45, 2.75) is 0 Å². The van der Waals surface area contributed by atoms with E-state index in [1.165, 1.54) is 0 Å². The highest BCUT2D eigenvalue weighted by Gasteiger charge is 1.57. The lowest BCUT2D eigenvalue weighted by molar-refractivity contribution is -0.001000. The highest BCUT2D eigenvalue weighted by atomic mass is 127. The molecule has 0 unspecified atom stereocenters. The lowest BCUT2D eigenvalue weighted by Crippen LogP contribution is -3.00. The summed E-state index contributed by atoms with van der Waals surface area (Å²) in [6, 6.07) is 12.0. The summed E-state index contributed by atoms with van der Waals surface area (Å²) in [5.41, 5.74) is 0. The fourth-order valence-corrected chi connectivity index (χ4v) is 0.385. The van der Waals surface area contributed by atoms with Gasteiger partial charge in [0.2, 0.25) is 0 Å². The average Bonchev–Trinajstić information content (AvgIpc) is 1.72. The van der Waals surface area contributed by atoms with Crippen LogP contribution in [0.25, 0.3) is 0 Å². The normalized spacial score (nSPS) is 5.33. The van der Waals surface area contributed by atoms with Crippen LogP contribution in [-0.2, 0) is 0 Å². The van der Waals surface area contributed by atoms with Gasteiger partial charge in [-0.25, -0.2) is 0 Å². The largest absolute Gasteiger partial charge is 1.00 e. The van der Waals surface area contributed by atoms with Gasteiger partial charge in [0.05, 0.1) is 0 Å². The fourth-order valence-electron chi connectivity index (χ4n) is 0.385. The van der Waals surface area contributed by atoms with E-state index in [-0.39, 0.29) is 48.8 Å². The maximum Gasteiger partial charge on any atom is -0.0623 e. The average molecular weight is 277 g/mol. The Kier molecular flexibility index (Phi) is 20.5. The first-order valence-corrected chi connectivity index (χ1v) is 2.00. The Labute approximate surface area is 84.9 Å².